The maximum atomic E-state index is 11.6. The Morgan fingerprint density at radius 3 is 2.59 bits per heavy atom. The highest BCUT2D eigenvalue weighted by molar-refractivity contribution is 9.10. The van der Waals surface area contributed by atoms with E-state index in [1.807, 2.05) is 12.1 Å². The van der Waals surface area contributed by atoms with Crippen molar-refractivity contribution in [1.29, 1.82) is 0 Å². The van der Waals surface area contributed by atoms with E-state index < -0.39 is 6.10 Å². The summed E-state index contributed by atoms with van der Waals surface area (Å²) in [5.74, 6) is 0.684. The van der Waals surface area contributed by atoms with Crippen molar-refractivity contribution in [3.63, 3.8) is 0 Å². The Labute approximate surface area is 110 Å². The van der Waals surface area contributed by atoms with Gasteiger partial charge in [-0.05, 0) is 24.5 Å². The molecule has 3 nitrogen and oxygen atoms in total. The fraction of sp³-hybridized carbons (Fsp3) is 0.462. The summed E-state index contributed by atoms with van der Waals surface area (Å²) in [5, 5.41) is 2.87. The number of carbonyl (C=O) groups is 1. The van der Waals surface area contributed by atoms with Crippen LogP contribution in [0.1, 0.15) is 33.3 Å². The van der Waals surface area contributed by atoms with Crippen LogP contribution < -0.4 is 10.1 Å². The van der Waals surface area contributed by atoms with Gasteiger partial charge < -0.3 is 10.1 Å². The van der Waals surface area contributed by atoms with Crippen molar-refractivity contribution < 1.29 is 9.53 Å². The van der Waals surface area contributed by atoms with Crippen molar-refractivity contribution >= 4 is 27.5 Å². The zero-order valence-corrected chi connectivity index (χ0v) is 12.0. The van der Waals surface area contributed by atoms with Crippen LogP contribution in [0, 0.1) is 0 Å². The second-order valence-corrected chi connectivity index (χ2v) is 6.25. The molecule has 0 radical (unpaired) electrons. The summed E-state index contributed by atoms with van der Waals surface area (Å²) in [6.45, 7) is 8.13. The lowest BCUT2D eigenvalue weighted by atomic mass is 9.85. The average molecular weight is 298 g/mol. The second-order valence-electron chi connectivity index (χ2n) is 5.33. The van der Waals surface area contributed by atoms with Gasteiger partial charge in [0.05, 0.1) is 5.69 Å². The number of ether oxygens (including phenoxy) is 1. The number of hydrogen-bond acceptors (Lipinski definition) is 2. The first-order chi connectivity index (χ1) is 7.79. The number of nitrogens with one attached hydrogen (secondary N) is 1. The van der Waals surface area contributed by atoms with Crippen LogP contribution in [0.2, 0.25) is 0 Å². The van der Waals surface area contributed by atoms with Gasteiger partial charge in [-0.3, -0.25) is 4.79 Å². The van der Waals surface area contributed by atoms with Gasteiger partial charge in [-0.2, -0.15) is 0 Å². The van der Waals surface area contributed by atoms with E-state index in [0.29, 0.717) is 0 Å². The van der Waals surface area contributed by atoms with Gasteiger partial charge in [0.15, 0.2) is 6.10 Å². The molecule has 0 aromatic heterocycles. The number of anilines is 1. The van der Waals surface area contributed by atoms with Gasteiger partial charge in [-0.25, -0.2) is 0 Å². The third-order valence-electron chi connectivity index (χ3n) is 2.78. The van der Waals surface area contributed by atoms with Gasteiger partial charge in [0.25, 0.3) is 5.91 Å². The molecular formula is C13H16BrNO2. The van der Waals surface area contributed by atoms with Crippen LogP contribution in [0.4, 0.5) is 5.69 Å². The van der Waals surface area contributed by atoms with Crippen molar-refractivity contribution in [2.75, 3.05) is 5.32 Å². The molecule has 0 saturated heterocycles. The molecule has 92 valence electrons. The molecule has 4 heteroatoms. The third-order valence-corrected chi connectivity index (χ3v) is 3.24. The summed E-state index contributed by atoms with van der Waals surface area (Å²) < 4.78 is 6.67. The van der Waals surface area contributed by atoms with Crippen LogP contribution in [-0.2, 0) is 10.2 Å². The Balaban J connectivity index is 2.60. The smallest absolute Gasteiger partial charge is 0.265 e. The lowest BCUT2D eigenvalue weighted by Crippen LogP contribution is -2.35. The summed E-state index contributed by atoms with van der Waals surface area (Å²) in [7, 11) is 0. The molecule has 17 heavy (non-hydrogen) atoms. The molecule has 0 saturated carbocycles. The molecular weight excluding hydrogens is 282 g/mol. The molecule has 1 atom stereocenters. The molecule has 1 N–H and O–H groups in total. The van der Waals surface area contributed by atoms with Crippen LogP contribution in [0.5, 0.6) is 5.75 Å². The fourth-order valence-electron chi connectivity index (χ4n) is 1.84. The number of hydrogen-bond donors (Lipinski definition) is 1. The summed E-state index contributed by atoms with van der Waals surface area (Å²) in [6, 6.07) is 3.91. The van der Waals surface area contributed by atoms with Crippen molar-refractivity contribution in [2.45, 2.75) is 39.2 Å². The van der Waals surface area contributed by atoms with Crippen molar-refractivity contribution in [3.8, 4) is 5.75 Å². The first kappa shape index (κ1) is 12.4. The standard InChI is InChI=1S/C13H16BrNO2/c1-7-12(16)15-10-6-8(14)5-9(11(10)17-7)13(2,3)4/h5-7H,1-4H3,(H,15,16). The number of rotatable bonds is 0. The average Bonchev–Trinajstić information content (AvgIpc) is 2.18. The molecule has 2 rings (SSSR count). The van der Waals surface area contributed by atoms with E-state index in [1.54, 1.807) is 6.92 Å². The molecule has 0 spiro atoms. The van der Waals surface area contributed by atoms with E-state index in [1.165, 1.54) is 0 Å². The monoisotopic (exact) mass is 297 g/mol. The molecule has 1 aromatic carbocycles. The molecule has 1 amide bonds. The zero-order valence-electron chi connectivity index (χ0n) is 10.4. The van der Waals surface area contributed by atoms with Gasteiger partial charge in [-0.1, -0.05) is 36.7 Å². The highest BCUT2D eigenvalue weighted by atomic mass is 79.9. The van der Waals surface area contributed by atoms with Crippen LogP contribution in [-0.4, -0.2) is 12.0 Å². The van der Waals surface area contributed by atoms with Crippen molar-refractivity contribution in [3.05, 3.63) is 22.2 Å². The number of fused-ring (bicyclic) bond motifs is 1. The number of amides is 1. The third kappa shape index (κ3) is 2.32. The van der Waals surface area contributed by atoms with E-state index in [-0.39, 0.29) is 11.3 Å². The Bertz CT molecular complexity index is 477. The number of carbonyl (C=O) groups excluding carboxylic acids is 1. The van der Waals surface area contributed by atoms with E-state index in [0.717, 1.165) is 21.5 Å². The molecule has 1 heterocycles. The lowest BCUT2D eigenvalue weighted by Gasteiger charge is -2.30. The molecule has 0 fully saturated rings. The van der Waals surface area contributed by atoms with Crippen LogP contribution >= 0.6 is 15.9 Å². The SMILES string of the molecule is CC1Oc2c(cc(Br)cc2C(C)(C)C)NC1=O. The van der Waals surface area contributed by atoms with Crippen molar-refractivity contribution in [2.24, 2.45) is 0 Å². The van der Waals surface area contributed by atoms with E-state index in [9.17, 15) is 4.79 Å². The maximum Gasteiger partial charge on any atom is 0.265 e. The van der Waals surface area contributed by atoms with Crippen LogP contribution in [0.15, 0.2) is 16.6 Å². The highest BCUT2D eigenvalue weighted by Crippen LogP contribution is 2.41. The fourth-order valence-corrected chi connectivity index (χ4v) is 2.29. The normalized spacial score (nSPS) is 19.4. The first-order valence-electron chi connectivity index (χ1n) is 5.60. The van der Waals surface area contributed by atoms with Crippen LogP contribution in [0.3, 0.4) is 0 Å². The maximum absolute atomic E-state index is 11.6. The van der Waals surface area contributed by atoms with Gasteiger partial charge in [0.2, 0.25) is 0 Å². The number of benzene rings is 1. The zero-order chi connectivity index (χ0) is 12.8. The van der Waals surface area contributed by atoms with Gasteiger partial charge in [0.1, 0.15) is 5.75 Å². The summed E-state index contributed by atoms with van der Waals surface area (Å²) in [5.41, 5.74) is 1.80. The lowest BCUT2D eigenvalue weighted by molar-refractivity contribution is -0.122. The van der Waals surface area contributed by atoms with E-state index in [2.05, 4.69) is 42.0 Å². The predicted octanol–water partition coefficient (Wildman–Crippen LogP) is 3.47. The van der Waals surface area contributed by atoms with E-state index in [4.69, 9.17) is 4.74 Å². The molecule has 0 aliphatic carbocycles. The Morgan fingerprint density at radius 2 is 2.00 bits per heavy atom. The van der Waals surface area contributed by atoms with E-state index >= 15 is 0 Å². The summed E-state index contributed by atoms with van der Waals surface area (Å²) in [6.07, 6.45) is -0.440. The minimum absolute atomic E-state index is 0.0321. The van der Waals surface area contributed by atoms with Gasteiger partial charge in [-0.15, -0.1) is 0 Å². The first-order valence-corrected chi connectivity index (χ1v) is 6.40. The second kappa shape index (κ2) is 4.02. The molecule has 0 bridgehead atoms. The summed E-state index contributed by atoms with van der Waals surface area (Å²) in [4.78, 5) is 11.6. The van der Waals surface area contributed by atoms with Crippen molar-refractivity contribution in [1.82, 2.24) is 0 Å². The minimum Gasteiger partial charge on any atom is -0.478 e. The topological polar surface area (TPSA) is 38.3 Å². The molecule has 1 aliphatic heterocycles. The van der Waals surface area contributed by atoms with Gasteiger partial charge in [0, 0.05) is 10.0 Å². The quantitative estimate of drug-likeness (QED) is 0.796. The van der Waals surface area contributed by atoms with Crippen LogP contribution in [0.25, 0.3) is 0 Å². The predicted molar refractivity (Wildman–Crippen MR) is 71.6 cm³/mol. The Hall–Kier alpha value is -1.03. The largest absolute Gasteiger partial charge is 0.478 e. The minimum atomic E-state index is -0.440. The molecule has 1 unspecified atom stereocenters. The molecule has 1 aromatic rings. The van der Waals surface area contributed by atoms with Gasteiger partial charge >= 0.3 is 0 Å². The Kier molecular flexibility index (Phi) is 2.94. The molecule has 1 aliphatic rings. The number of halogens is 1. The Morgan fingerprint density at radius 1 is 1.35 bits per heavy atom. The highest BCUT2D eigenvalue weighted by Gasteiger charge is 2.30. The summed E-state index contributed by atoms with van der Waals surface area (Å²) >= 11 is 3.46.